The maximum Gasteiger partial charge on any atom is 0.122 e. The molecule has 0 saturated heterocycles. The van der Waals surface area contributed by atoms with Gasteiger partial charge in [0.25, 0.3) is 0 Å². The molecule has 0 bridgehead atoms. The summed E-state index contributed by atoms with van der Waals surface area (Å²) in [6.45, 7) is 0.684. The summed E-state index contributed by atoms with van der Waals surface area (Å²) in [5, 5.41) is 0. The van der Waals surface area contributed by atoms with Gasteiger partial charge in [-0.1, -0.05) is 12.1 Å². The zero-order valence-electron chi connectivity index (χ0n) is 9.37. The minimum atomic E-state index is -0.0126. The van der Waals surface area contributed by atoms with Crippen LogP contribution in [0.4, 0.5) is 0 Å². The average molecular weight is 240 g/mol. The summed E-state index contributed by atoms with van der Waals surface area (Å²) >= 11 is 0. The number of fused-ring (bicyclic) bond motifs is 1. The molecular formula is C13H18ClNO. The van der Waals surface area contributed by atoms with E-state index in [2.05, 4.69) is 18.2 Å². The van der Waals surface area contributed by atoms with Gasteiger partial charge in [0.2, 0.25) is 0 Å². The smallest absolute Gasteiger partial charge is 0.122 e. The molecule has 1 aromatic rings. The van der Waals surface area contributed by atoms with Crippen LogP contribution >= 0.6 is 12.4 Å². The molecular weight excluding hydrogens is 222 g/mol. The summed E-state index contributed by atoms with van der Waals surface area (Å²) in [6.07, 6.45) is 5.87. The van der Waals surface area contributed by atoms with E-state index in [4.69, 9.17) is 10.5 Å². The van der Waals surface area contributed by atoms with Crippen molar-refractivity contribution in [2.24, 2.45) is 5.73 Å². The van der Waals surface area contributed by atoms with Crippen molar-refractivity contribution in [1.29, 1.82) is 0 Å². The van der Waals surface area contributed by atoms with Gasteiger partial charge in [-0.15, -0.1) is 12.4 Å². The van der Waals surface area contributed by atoms with E-state index >= 15 is 0 Å². The van der Waals surface area contributed by atoms with E-state index in [1.807, 2.05) is 0 Å². The van der Waals surface area contributed by atoms with Gasteiger partial charge in [-0.3, -0.25) is 0 Å². The molecule has 2 nitrogen and oxygen atoms in total. The third kappa shape index (κ3) is 2.18. The molecule has 3 rings (SSSR count). The van der Waals surface area contributed by atoms with Crippen molar-refractivity contribution in [3.63, 3.8) is 0 Å². The van der Waals surface area contributed by atoms with Gasteiger partial charge in [-0.25, -0.2) is 0 Å². The van der Waals surface area contributed by atoms with Crippen molar-refractivity contribution >= 4 is 12.4 Å². The predicted octanol–water partition coefficient (Wildman–Crippen LogP) is 2.47. The molecule has 0 amide bonds. The van der Waals surface area contributed by atoms with Crippen LogP contribution in [0.25, 0.3) is 0 Å². The highest BCUT2D eigenvalue weighted by Gasteiger charge is 2.39. The fraction of sp³-hybridized carbons (Fsp3) is 0.538. The predicted molar refractivity (Wildman–Crippen MR) is 67.4 cm³/mol. The number of nitrogens with two attached hydrogens (primary N) is 1. The molecule has 3 heteroatoms. The highest BCUT2D eigenvalue weighted by Crippen LogP contribution is 2.35. The van der Waals surface area contributed by atoms with Crippen LogP contribution in [0.1, 0.15) is 30.4 Å². The third-order valence-electron chi connectivity index (χ3n) is 3.51. The molecule has 1 aromatic carbocycles. The molecule has 0 spiro atoms. The lowest BCUT2D eigenvalue weighted by Gasteiger charge is -2.14. The molecule has 0 unspecified atom stereocenters. The normalized spacial score (nSPS) is 19.8. The summed E-state index contributed by atoms with van der Waals surface area (Å²) < 4.78 is 5.85. The first-order valence-corrected chi connectivity index (χ1v) is 5.79. The number of hydrogen-bond donors (Lipinski definition) is 1. The van der Waals surface area contributed by atoms with Crippen LogP contribution in [0.2, 0.25) is 0 Å². The Hall–Kier alpha value is -0.730. The van der Waals surface area contributed by atoms with Gasteiger partial charge in [-0.2, -0.15) is 0 Å². The number of ether oxygens (including phenoxy) is 1. The Balaban J connectivity index is 0.000000963. The van der Waals surface area contributed by atoms with Crippen molar-refractivity contribution < 1.29 is 4.74 Å². The third-order valence-corrected chi connectivity index (χ3v) is 3.51. The minimum Gasteiger partial charge on any atom is -0.491 e. The van der Waals surface area contributed by atoms with Crippen LogP contribution in [0.15, 0.2) is 18.2 Å². The maximum atomic E-state index is 6.01. The highest BCUT2D eigenvalue weighted by molar-refractivity contribution is 5.85. The molecule has 1 saturated carbocycles. The molecule has 0 heterocycles. The van der Waals surface area contributed by atoms with E-state index < -0.39 is 0 Å². The fourth-order valence-corrected chi connectivity index (χ4v) is 2.25. The molecule has 0 atom stereocenters. The van der Waals surface area contributed by atoms with Crippen LogP contribution in [-0.4, -0.2) is 12.1 Å². The molecule has 0 radical (unpaired) electrons. The van der Waals surface area contributed by atoms with Crippen molar-refractivity contribution in [2.45, 2.75) is 37.6 Å². The van der Waals surface area contributed by atoms with Gasteiger partial charge in [-0.05, 0) is 49.3 Å². The first kappa shape index (κ1) is 11.7. The molecule has 88 valence electrons. The van der Waals surface area contributed by atoms with Gasteiger partial charge >= 0.3 is 0 Å². The number of aryl methyl sites for hydroxylation is 1. The summed E-state index contributed by atoms with van der Waals surface area (Å²) in [5.41, 5.74) is 8.89. The van der Waals surface area contributed by atoms with Crippen molar-refractivity contribution in [2.75, 3.05) is 6.61 Å². The second kappa shape index (κ2) is 4.27. The Bertz CT molecular complexity index is 388. The quantitative estimate of drug-likeness (QED) is 0.880. The van der Waals surface area contributed by atoms with E-state index in [1.165, 1.54) is 30.4 Å². The van der Waals surface area contributed by atoms with Gasteiger partial charge in [0.1, 0.15) is 12.4 Å². The number of halogens is 1. The van der Waals surface area contributed by atoms with Crippen LogP contribution < -0.4 is 10.5 Å². The van der Waals surface area contributed by atoms with Crippen molar-refractivity contribution in [3.05, 3.63) is 29.3 Å². The lowest BCUT2D eigenvalue weighted by molar-refractivity contribution is 0.277. The molecule has 16 heavy (non-hydrogen) atoms. The summed E-state index contributed by atoms with van der Waals surface area (Å²) in [6, 6.07) is 6.38. The van der Waals surface area contributed by atoms with Crippen molar-refractivity contribution in [1.82, 2.24) is 0 Å². The van der Waals surface area contributed by atoms with E-state index in [0.717, 1.165) is 18.6 Å². The summed E-state index contributed by atoms with van der Waals surface area (Å²) in [4.78, 5) is 0. The highest BCUT2D eigenvalue weighted by atomic mass is 35.5. The Morgan fingerprint density at radius 1 is 1.25 bits per heavy atom. The van der Waals surface area contributed by atoms with Crippen LogP contribution in [-0.2, 0) is 12.8 Å². The average Bonchev–Trinajstić information content (AvgIpc) is 2.80. The van der Waals surface area contributed by atoms with E-state index in [0.29, 0.717) is 6.61 Å². The molecule has 2 aliphatic rings. The Kier molecular flexibility index (Phi) is 3.13. The Labute approximate surface area is 103 Å². The number of rotatable bonds is 3. The van der Waals surface area contributed by atoms with Gasteiger partial charge in [0.15, 0.2) is 0 Å². The lowest BCUT2D eigenvalue weighted by Crippen LogP contribution is -2.29. The SMILES string of the molecule is Cl.NC1(COc2cccc3c2CCC3)CC1. The van der Waals surface area contributed by atoms with Gasteiger partial charge in [0, 0.05) is 0 Å². The fourth-order valence-electron chi connectivity index (χ4n) is 2.25. The Morgan fingerprint density at radius 3 is 2.81 bits per heavy atom. The first-order chi connectivity index (χ1) is 7.27. The maximum absolute atomic E-state index is 6.01. The van der Waals surface area contributed by atoms with Crippen LogP contribution in [0.3, 0.4) is 0 Å². The molecule has 2 N–H and O–H groups in total. The van der Waals surface area contributed by atoms with Crippen molar-refractivity contribution in [3.8, 4) is 5.75 Å². The molecule has 0 aromatic heterocycles. The van der Waals surface area contributed by atoms with E-state index in [9.17, 15) is 0 Å². The lowest BCUT2D eigenvalue weighted by atomic mass is 10.1. The molecule has 1 fully saturated rings. The molecule has 2 aliphatic carbocycles. The van der Waals surface area contributed by atoms with E-state index in [-0.39, 0.29) is 17.9 Å². The largest absolute Gasteiger partial charge is 0.491 e. The number of benzene rings is 1. The van der Waals surface area contributed by atoms with Crippen LogP contribution in [0.5, 0.6) is 5.75 Å². The first-order valence-electron chi connectivity index (χ1n) is 5.79. The summed E-state index contributed by atoms with van der Waals surface area (Å²) in [7, 11) is 0. The molecule has 0 aliphatic heterocycles. The topological polar surface area (TPSA) is 35.2 Å². The summed E-state index contributed by atoms with van der Waals surface area (Å²) in [5.74, 6) is 1.07. The van der Waals surface area contributed by atoms with Gasteiger partial charge < -0.3 is 10.5 Å². The minimum absolute atomic E-state index is 0. The second-order valence-corrected chi connectivity index (χ2v) is 4.90. The standard InChI is InChI=1S/C13H17NO.ClH/c14-13(7-8-13)9-15-12-6-2-4-10-3-1-5-11(10)12;/h2,4,6H,1,3,5,7-9,14H2;1H. The number of hydrogen-bond acceptors (Lipinski definition) is 2. The zero-order chi connectivity index (χ0) is 10.3. The zero-order valence-corrected chi connectivity index (χ0v) is 10.2. The van der Waals surface area contributed by atoms with Gasteiger partial charge in [0.05, 0.1) is 5.54 Å². The van der Waals surface area contributed by atoms with E-state index in [1.54, 1.807) is 0 Å². The monoisotopic (exact) mass is 239 g/mol. The van der Waals surface area contributed by atoms with Crippen LogP contribution in [0, 0.1) is 0 Å². The Morgan fingerprint density at radius 2 is 2.06 bits per heavy atom. The second-order valence-electron chi connectivity index (χ2n) is 4.90.